The number of carbonyl (C=O) groups is 1. The van der Waals surface area contributed by atoms with Crippen molar-refractivity contribution in [2.24, 2.45) is 5.73 Å². The van der Waals surface area contributed by atoms with E-state index >= 15 is 0 Å². The molecule has 6 heteroatoms. The van der Waals surface area contributed by atoms with Crippen LogP contribution in [0.3, 0.4) is 0 Å². The Hall–Kier alpha value is -1.95. The van der Waals surface area contributed by atoms with E-state index in [1.807, 2.05) is 17.2 Å². The van der Waals surface area contributed by atoms with Gasteiger partial charge < -0.3 is 10.6 Å². The van der Waals surface area contributed by atoms with Crippen LogP contribution in [0.2, 0.25) is 0 Å². The number of hydrogen-bond acceptors (Lipinski definition) is 4. The third-order valence-corrected chi connectivity index (χ3v) is 3.66. The summed E-state index contributed by atoms with van der Waals surface area (Å²) in [5.74, 6) is -0.639. The Labute approximate surface area is 121 Å². The predicted octanol–water partition coefficient (Wildman–Crippen LogP) is 2.47. The highest BCUT2D eigenvalue weighted by Crippen LogP contribution is 2.19. The summed E-state index contributed by atoms with van der Waals surface area (Å²) in [5, 5.41) is 2.98. The van der Waals surface area contributed by atoms with E-state index in [-0.39, 0.29) is 18.1 Å². The largest absolute Gasteiger partial charge is 0.370 e. The lowest BCUT2D eigenvalue weighted by Crippen LogP contribution is -2.27. The minimum absolute atomic E-state index is 0.250. The van der Waals surface area contributed by atoms with Crippen LogP contribution in [-0.4, -0.2) is 17.4 Å². The number of nitrogens with zero attached hydrogens (tertiary/aromatic N) is 2. The lowest BCUT2D eigenvalue weighted by atomic mass is 10.2. The fraction of sp³-hybridized carbons (Fsp3) is 0.286. The van der Waals surface area contributed by atoms with Gasteiger partial charge in [0.1, 0.15) is 5.82 Å². The highest BCUT2D eigenvalue weighted by Gasteiger charge is 2.11. The molecular formula is C14H16FN3OS. The van der Waals surface area contributed by atoms with Crippen LogP contribution < -0.4 is 10.6 Å². The van der Waals surface area contributed by atoms with Gasteiger partial charge in [-0.3, -0.25) is 4.79 Å². The van der Waals surface area contributed by atoms with E-state index in [0.29, 0.717) is 13.1 Å². The van der Waals surface area contributed by atoms with Crippen LogP contribution in [-0.2, 0) is 11.3 Å². The minimum Gasteiger partial charge on any atom is -0.370 e. The number of primary amides is 1. The smallest absolute Gasteiger partial charge is 0.219 e. The first-order chi connectivity index (χ1) is 9.54. The Bertz CT molecular complexity index is 582. The van der Waals surface area contributed by atoms with Crippen LogP contribution in [0, 0.1) is 12.7 Å². The van der Waals surface area contributed by atoms with Crippen molar-refractivity contribution >= 4 is 22.9 Å². The van der Waals surface area contributed by atoms with Crippen molar-refractivity contribution in [2.45, 2.75) is 19.9 Å². The van der Waals surface area contributed by atoms with Gasteiger partial charge in [0, 0.05) is 24.0 Å². The molecule has 4 nitrogen and oxygen atoms in total. The molecule has 0 aliphatic carbocycles. The zero-order valence-electron chi connectivity index (χ0n) is 11.2. The topological polar surface area (TPSA) is 59.2 Å². The Morgan fingerprint density at radius 3 is 2.65 bits per heavy atom. The molecule has 0 saturated heterocycles. The maximum Gasteiger partial charge on any atom is 0.219 e. The summed E-state index contributed by atoms with van der Waals surface area (Å²) in [6.07, 6.45) is 0.250. The molecule has 1 heterocycles. The molecule has 0 bridgehead atoms. The van der Waals surface area contributed by atoms with E-state index in [1.54, 1.807) is 23.5 Å². The van der Waals surface area contributed by atoms with E-state index in [0.717, 1.165) is 16.4 Å². The van der Waals surface area contributed by atoms with Crippen LogP contribution in [0.1, 0.15) is 17.1 Å². The molecule has 1 aromatic carbocycles. The number of anilines is 1. The van der Waals surface area contributed by atoms with Crippen LogP contribution >= 0.6 is 11.3 Å². The number of carbonyl (C=O) groups excluding carboxylic acids is 1. The molecule has 0 fully saturated rings. The zero-order valence-corrected chi connectivity index (χ0v) is 12.0. The third-order valence-electron chi connectivity index (χ3n) is 2.84. The summed E-state index contributed by atoms with van der Waals surface area (Å²) >= 11 is 1.58. The molecule has 0 atom stereocenters. The van der Waals surface area contributed by atoms with Crippen LogP contribution in [0.15, 0.2) is 29.6 Å². The summed E-state index contributed by atoms with van der Waals surface area (Å²) in [6.45, 7) is 3.00. The van der Waals surface area contributed by atoms with Crippen molar-refractivity contribution in [1.29, 1.82) is 0 Å². The van der Waals surface area contributed by atoms with Crippen molar-refractivity contribution in [3.8, 4) is 0 Å². The van der Waals surface area contributed by atoms with Crippen molar-refractivity contribution in [1.82, 2.24) is 4.98 Å². The Morgan fingerprint density at radius 2 is 2.10 bits per heavy atom. The van der Waals surface area contributed by atoms with Crippen molar-refractivity contribution in [3.63, 3.8) is 0 Å². The molecule has 2 N–H and O–H groups in total. The molecule has 0 radical (unpaired) electrons. The molecule has 106 valence electrons. The standard InChI is InChI=1S/C14H16FN3OS/c1-10-17-12(9-20-10)8-18(7-6-14(16)19)13-4-2-11(15)3-5-13/h2-5,9H,6-8H2,1H3,(H2,16,19). The van der Waals surface area contributed by atoms with Crippen molar-refractivity contribution in [2.75, 3.05) is 11.4 Å². The highest BCUT2D eigenvalue weighted by molar-refractivity contribution is 7.09. The number of nitrogens with two attached hydrogens (primary N) is 1. The highest BCUT2D eigenvalue weighted by atomic mass is 32.1. The Balaban J connectivity index is 2.15. The molecule has 1 amide bonds. The van der Waals surface area contributed by atoms with Gasteiger partial charge in [0.15, 0.2) is 0 Å². The average Bonchev–Trinajstić information content (AvgIpc) is 2.81. The SMILES string of the molecule is Cc1nc(CN(CCC(N)=O)c2ccc(F)cc2)cs1. The summed E-state index contributed by atoms with van der Waals surface area (Å²) < 4.78 is 13.0. The Kier molecular flexibility index (Phi) is 4.68. The van der Waals surface area contributed by atoms with E-state index in [1.165, 1.54) is 12.1 Å². The summed E-state index contributed by atoms with van der Waals surface area (Å²) in [7, 11) is 0. The monoisotopic (exact) mass is 293 g/mol. The first kappa shape index (κ1) is 14.5. The number of aryl methyl sites for hydroxylation is 1. The number of hydrogen-bond donors (Lipinski definition) is 1. The first-order valence-electron chi connectivity index (χ1n) is 6.24. The van der Waals surface area contributed by atoms with Gasteiger partial charge in [-0.05, 0) is 31.2 Å². The van der Waals surface area contributed by atoms with Crippen LogP contribution in [0.4, 0.5) is 10.1 Å². The predicted molar refractivity (Wildman–Crippen MR) is 78.1 cm³/mol. The van der Waals surface area contributed by atoms with E-state index in [9.17, 15) is 9.18 Å². The summed E-state index contributed by atoms with van der Waals surface area (Å²) in [5.41, 5.74) is 6.98. The van der Waals surface area contributed by atoms with E-state index in [4.69, 9.17) is 5.73 Å². The summed E-state index contributed by atoms with van der Waals surface area (Å²) in [4.78, 5) is 17.3. The van der Waals surface area contributed by atoms with Gasteiger partial charge in [0.05, 0.1) is 17.2 Å². The van der Waals surface area contributed by atoms with Gasteiger partial charge >= 0.3 is 0 Å². The van der Waals surface area contributed by atoms with Gasteiger partial charge in [-0.25, -0.2) is 9.37 Å². The second-order valence-electron chi connectivity index (χ2n) is 4.47. The van der Waals surface area contributed by atoms with Crippen LogP contribution in [0.25, 0.3) is 0 Å². The fourth-order valence-corrected chi connectivity index (χ4v) is 2.48. The average molecular weight is 293 g/mol. The van der Waals surface area contributed by atoms with Gasteiger partial charge in [-0.2, -0.15) is 0 Å². The number of amides is 1. The zero-order chi connectivity index (χ0) is 14.5. The van der Waals surface area contributed by atoms with Gasteiger partial charge in [0.25, 0.3) is 0 Å². The number of benzene rings is 1. The Morgan fingerprint density at radius 1 is 1.40 bits per heavy atom. The molecule has 20 heavy (non-hydrogen) atoms. The number of thiazole rings is 1. The molecule has 0 saturated carbocycles. The fourth-order valence-electron chi connectivity index (χ4n) is 1.87. The van der Waals surface area contributed by atoms with E-state index in [2.05, 4.69) is 4.98 Å². The molecular weight excluding hydrogens is 277 g/mol. The molecule has 0 spiro atoms. The minimum atomic E-state index is -0.355. The molecule has 0 aliphatic rings. The maximum absolute atomic E-state index is 13.0. The normalized spacial score (nSPS) is 10.5. The second kappa shape index (κ2) is 6.47. The van der Waals surface area contributed by atoms with Crippen molar-refractivity contribution < 1.29 is 9.18 Å². The molecule has 1 aromatic heterocycles. The van der Waals surface area contributed by atoms with E-state index < -0.39 is 0 Å². The lowest BCUT2D eigenvalue weighted by molar-refractivity contribution is -0.117. The maximum atomic E-state index is 13.0. The number of rotatable bonds is 6. The van der Waals surface area contributed by atoms with Gasteiger partial charge in [0.2, 0.25) is 5.91 Å². The van der Waals surface area contributed by atoms with Crippen LogP contribution in [0.5, 0.6) is 0 Å². The molecule has 2 aromatic rings. The lowest BCUT2D eigenvalue weighted by Gasteiger charge is -2.23. The van der Waals surface area contributed by atoms with Gasteiger partial charge in [-0.15, -0.1) is 11.3 Å². The van der Waals surface area contributed by atoms with Gasteiger partial charge in [-0.1, -0.05) is 0 Å². The number of halogens is 1. The molecule has 0 unspecified atom stereocenters. The third kappa shape index (κ3) is 4.03. The summed E-state index contributed by atoms with van der Waals surface area (Å²) in [6, 6.07) is 6.18. The second-order valence-corrected chi connectivity index (χ2v) is 5.53. The van der Waals surface area contributed by atoms with Crippen molar-refractivity contribution in [3.05, 3.63) is 46.2 Å². The first-order valence-corrected chi connectivity index (χ1v) is 7.12. The molecule has 2 rings (SSSR count). The molecule has 0 aliphatic heterocycles. The number of aromatic nitrogens is 1. The quantitative estimate of drug-likeness (QED) is 0.890.